The largest absolute Gasteiger partial charge is 0.477 e. The first-order valence-corrected chi connectivity index (χ1v) is 11.6. The molecule has 0 saturated carbocycles. The number of rotatable bonds is 10. The summed E-state index contributed by atoms with van der Waals surface area (Å²) in [5.41, 5.74) is 3.15. The number of nitrogens with one attached hydrogen (secondary N) is 3. The molecule has 4 N–H and O–H groups in total. The number of ether oxygens (including phenoxy) is 1. The van der Waals surface area contributed by atoms with Crippen LogP contribution in [0.2, 0.25) is 0 Å². The van der Waals surface area contributed by atoms with Gasteiger partial charge in [-0.3, -0.25) is 19.3 Å². The third-order valence-electron chi connectivity index (χ3n) is 4.55. The zero-order chi connectivity index (χ0) is 23.4. The van der Waals surface area contributed by atoms with Crippen LogP contribution in [0.5, 0.6) is 0 Å². The number of nitrogens with zero attached hydrogens (tertiary/aromatic N) is 2. The average molecular weight is 506 g/mol. The molecule has 0 spiro atoms. The van der Waals surface area contributed by atoms with Crippen molar-refractivity contribution in [3.8, 4) is 0 Å². The predicted molar refractivity (Wildman–Crippen MR) is 116 cm³/mol. The minimum absolute atomic E-state index is 0.0917. The fourth-order valence-electron chi connectivity index (χ4n) is 3.20. The molecule has 1 saturated heterocycles. The van der Waals surface area contributed by atoms with Gasteiger partial charge in [0.2, 0.25) is 11.8 Å². The molecule has 15 heteroatoms. The maximum atomic E-state index is 12.9. The number of hydrogen-bond donors (Lipinski definition) is 4. The van der Waals surface area contributed by atoms with E-state index >= 15 is 0 Å². The standard InChI is InChI=1S/C17H20ClN5O7S2/c1-29-4-7-5-31-15-11(14(26)23(15)12(7)16(27)28)21-13(25)10(22-30-2)8-6-32-17(19-8)20-9(24)3-18/h6,10-11,15,22H,3-5H2,1-2H3,(H,21,25)(H,27,28)(H,19,20,24)/t10?,11?,15-/m0/s1. The van der Waals surface area contributed by atoms with Gasteiger partial charge in [-0.15, -0.1) is 34.7 Å². The number of methoxy groups -OCH3 is 1. The van der Waals surface area contributed by atoms with Crippen molar-refractivity contribution in [2.24, 2.45) is 0 Å². The Bertz CT molecular complexity index is 955. The summed E-state index contributed by atoms with van der Waals surface area (Å²) in [5.74, 6) is -2.70. The number of carboxylic acids is 1. The number of aliphatic carboxylic acids is 1. The number of aromatic nitrogens is 1. The van der Waals surface area contributed by atoms with E-state index in [4.69, 9.17) is 21.2 Å². The van der Waals surface area contributed by atoms with Crippen LogP contribution in [0, 0.1) is 0 Å². The van der Waals surface area contributed by atoms with Crippen molar-refractivity contribution in [1.82, 2.24) is 20.7 Å². The van der Waals surface area contributed by atoms with Crippen LogP contribution in [-0.2, 0) is 28.8 Å². The van der Waals surface area contributed by atoms with E-state index < -0.39 is 41.1 Å². The molecule has 0 aliphatic carbocycles. The van der Waals surface area contributed by atoms with Crippen molar-refractivity contribution < 1.29 is 33.9 Å². The number of carboxylic acid groups (broad SMARTS) is 1. The summed E-state index contributed by atoms with van der Waals surface area (Å²) in [6, 6.07) is -1.99. The summed E-state index contributed by atoms with van der Waals surface area (Å²) in [6.07, 6.45) is 0. The van der Waals surface area contributed by atoms with Gasteiger partial charge in [-0.25, -0.2) is 9.78 Å². The van der Waals surface area contributed by atoms with Crippen LogP contribution in [-0.4, -0.2) is 82.6 Å². The molecule has 174 valence electrons. The van der Waals surface area contributed by atoms with Crippen LogP contribution in [0.3, 0.4) is 0 Å². The van der Waals surface area contributed by atoms with E-state index in [-0.39, 0.29) is 29.0 Å². The minimum Gasteiger partial charge on any atom is -0.477 e. The van der Waals surface area contributed by atoms with Crippen LogP contribution < -0.4 is 16.1 Å². The van der Waals surface area contributed by atoms with Crippen molar-refractivity contribution in [3.05, 3.63) is 22.3 Å². The second-order valence-electron chi connectivity index (χ2n) is 6.60. The highest BCUT2D eigenvalue weighted by atomic mass is 35.5. The van der Waals surface area contributed by atoms with Gasteiger partial charge in [-0.1, -0.05) is 0 Å². The van der Waals surface area contributed by atoms with Gasteiger partial charge < -0.3 is 25.3 Å². The fraction of sp³-hybridized carbons (Fsp3) is 0.471. The van der Waals surface area contributed by atoms with Crippen LogP contribution >= 0.6 is 34.7 Å². The lowest BCUT2D eigenvalue weighted by atomic mass is 10.0. The molecule has 1 aromatic heterocycles. The normalized spacial score (nSPS) is 21.0. The average Bonchev–Trinajstić information content (AvgIpc) is 3.22. The molecule has 3 atom stereocenters. The maximum absolute atomic E-state index is 12.9. The second-order valence-corrected chi connectivity index (χ2v) is 8.83. The van der Waals surface area contributed by atoms with E-state index in [0.717, 1.165) is 16.2 Å². The van der Waals surface area contributed by atoms with E-state index in [1.54, 1.807) is 5.38 Å². The van der Waals surface area contributed by atoms with Gasteiger partial charge >= 0.3 is 5.97 Å². The number of thiazole rings is 1. The zero-order valence-corrected chi connectivity index (χ0v) is 19.3. The Morgan fingerprint density at radius 1 is 1.41 bits per heavy atom. The molecule has 32 heavy (non-hydrogen) atoms. The Kier molecular flexibility index (Phi) is 8.08. The molecule has 2 aliphatic heterocycles. The summed E-state index contributed by atoms with van der Waals surface area (Å²) in [6.45, 7) is 0.0917. The summed E-state index contributed by atoms with van der Waals surface area (Å²) >= 11 is 7.89. The quantitative estimate of drug-likeness (QED) is 0.192. The molecule has 1 fully saturated rings. The van der Waals surface area contributed by atoms with Crippen molar-refractivity contribution in [2.45, 2.75) is 17.5 Å². The Balaban J connectivity index is 1.73. The molecule has 3 heterocycles. The van der Waals surface area contributed by atoms with Gasteiger partial charge in [0.15, 0.2) is 11.2 Å². The Morgan fingerprint density at radius 2 is 2.16 bits per heavy atom. The number of carbonyl (C=O) groups is 4. The van der Waals surface area contributed by atoms with E-state index in [2.05, 4.69) is 21.1 Å². The Morgan fingerprint density at radius 3 is 2.78 bits per heavy atom. The number of carbonyl (C=O) groups excluding carboxylic acids is 3. The molecule has 0 radical (unpaired) electrons. The van der Waals surface area contributed by atoms with Gasteiger partial charge in [-0.05, 0) is 5.57 Å². The van der Waals surface area contributed by atoms with Crippen LogP contribution in [0.25, 0.3) is 0 Å². The first-order chi connectivity index (χ1) is 15.3. The van der Waals surface area contributed by atoms with E-state index in [0.29, 0.717) is 11.3 Å². The first kappa shape index (κ1) is 24.4. The molecular formula is C17H20ClN5O7S2. The molecule has 12 nitrogen and oxygen atoms in total. The molecule has 1 aromatic rings. The highest BCUT2D eigenvalue weighted by Gasteiger charge is 2.54. The SMILES string of the molecule is COCC1=C(C(=O)O)N2C(=O)C(NC(=O)C(NOC)c3csc(NC(=O)CCl)n3)[C@@H]2SC1. The summed E-state index contributed by atoms with van der Waals surface area (Å²) < 4.78 is 5.03. The van der Waals surface area contributed by atoms with Crippen molar-refractivity contribution in [3.63, 3.8) is 0 Å². The predicted octanol–water partition coefficient (Wildman–Crippen LogP) is -0.102. The molecular weight excluding hydrogens is 486 g/mol. The number of amides is 3. The summed E-state index contributed by atoms with van der Waals surface area (Å²) in [5, 5.41) is 15.9. The van der Waals surface area contributed by atoms with E-state index in [1.165, 1.54) is 26.0 Å². The Labute approximate surface area is 195 Å². The lowest BCUT2D eigenvalue weighted by Crippen LogP contribution is -2.71. The number of thioether (sulfide) groups is 1. The number of anilines is 1. The van der Waals surface area contributed by atoms with Gasteiger partial charge in [0.25, 0.3) is 5.91 Å². The number of hydroxylamine groups is 1. The zero-order valence-electron chi connectivity index (χ0n) is 16.9. The van der Waals surface area contributed by atoms with Gasteiger partial charge in [-0.2, -0.15) is 5.48 Å². The molecule has 2 unspecified atom stereocenters. The number of halogens is 1. The van der Waals surface area contributed by atoms with Crippen molar-refractivity contribution in [2.75, 3.05) is 37.8 Å². The minimum atomic E-state index is -1.23. The van der Waals surface area contributed by atoms with Crippen LogP contribution in [0.4, 0.5) is 5.13 Å². The van der Waals surface area contributed by atoms with Gasteiger partial charge in [0, 0.05) is 18.2 Å². The van der Waals surface area contributed by atoms with Crippen LogP contribution in [0.1, 0.15) is 11.7 Å². The molecule has 3 rings (SSSR count). The second kappa shape index (κ2) is 10.6. The van der Waals surface area contributed by atoms with Gasteiger partial charge in [0.1, 0.15) is 23.0 Å². The van der Waals surface area contributed by atoms with E-state index in [1.807, 2.05) is 0 Å². The number of alkyl halides is 1. The first-order valence-electron chi connectivity index (χ1n) is 9.11. The Hall–Kier alpha value is -2.23. The lowest BCUT2D eigenvalue weighted by Gasteiger charge is -2.49. The fourth-order valence-corrected chi connectivity index (χ4v) is 5.35. The lowest BCUT2D eigenvalue weighted by molar-refractivity contribution is -0.151. The third-order valence-corrected chi connectivity index (χ3v) is 6.91. The smallest absolute Gasteiger partial charge is 0.352 e. The molecule has 0 aromatic carbocycles. The topological polar surface area (TPSA) is 159 Å². The van der Waals surface area contributed by atoms with E-state index in [9.17, 15) is 24.3 Å². The van der Waals surface area contributed by atoms with Crippen molar-refractivity contribution >= 4 is 63.5 Å². The highest BCUT2D eigenvalue weighted by molar-refractivity contribution is 8.00. The molecule has 3 amide bonds. The molecule has 2 aliphatic rings. The third kappa shape index (κ3) is 4.89. The number of β-lactam (4-membered cyclic amide) rings is 1. The van der Waals surface area contributed by atoms with Crippen LogP contribution in [0.15, 0.2) is 16.7 Å². The molecule has 0 bridgehead atoms. The summed E-state index contributed by atoms with van der Waals surface area (Å²) in [7, 11) is 2.76. The van der Waals surface area contributed by atoms with Gasteiger partial charge in [0.05, 0.1) is 19.4 Å². The maximum Gasteiger partial charge on any atom is 0.352 e. The van der Waals surface area contributed by atoms with Crippen molar-refractivity contribution in [1.29, 1.82) is 0 Å². The summed E-state index contributed by atoms with van der Waals surface area (Å²) in [4.78, 5) is 59.0. The monoisotopic (exact) mass is 505 g/mol. The number of fused-ring (bicyclic) bond motifs is 1. The number of hydrogen-bond acceptors (Lipinski definition) is 10. The highest BCUT2D eigenvalue weighted by Crippen LogP contribution is 2.40.